The zero-order chi connectivity index (χ0) is 8.43. The lowest BCUT2D eigenvalue weighted by atomic mass is 9.98. The third-order valence-corrected chi connectivity index (χ3v) is 1.94. The summed E-state index contributed by atoms with van der Waals surface area (Å²) < 4.78 is 4.87. The largest absolute Gasteiger partial charge is 0.394 e. The minimum Gasteiger partial charge on any atom is -0.394 e. The van der Waals surface area contributed by atoms with Gasteiger partial charge in [0.05, 0.1) is 18.6 Å². The van der Waals surface area contributed by atoms with Crippen LogP contribution in [0.15, 0.2) is 0 Å². The summed E-state index contributed by atoms with van der Waals surface area (Å²) in [6.45, 7) is 1.23. The van der Waals surface area contributed by atoms with Crippen LogP contribution in [0.5, 0.6) is 0 Å². The number of aliphatic hydroxyl groups excluding tert-OH is 2. The van der Waals surface area contributed by atoms with E-state index in [9.17, 15) is 4.79 Å². The maximum absolute atomic E-state index is 10.9. The second kappa shape index (κ2) is 3.30. The molecule has 0 saturated carbocycles. The second-order valence-corrected chi connectivity index (χ2v) is 2.76. The van der Waals surface area contributed by atoms with Gasteiger partial charge in [0, 0.05) is 6.42 Å². The van der Waals surface area contributed by atoms with Crippen molar-refractivity contribution in [3.05, 3.63) is 0 Å². The van der Waals surface area contributed by atoms with Gasteiger partial charge in [-0.1, -0.05) is 0 Å². The van der Waals surface area contributed by atoms with E-state index in [4.69, 9.17) is 14.9 Å². The predicted molar refractivity (Wildman–Crippen MR) is 36.8 cm³/mol. The Kier molecular flexibility index (Phi) is 2.59. The zero-order valence-electron chi connectivity index (χ0n) is 6.36. The number of carbonyl (C=O) groups excluding carboxylic acids is 1. The highest BCUT2D eigenvalue weighted by Crippen LogP contribution is 2.25. The average molecular weight is 160 g/mol. The lowest BCUT2D eigenvalue weighted by Crippen LogP contribution is -2.25. The van der Waals surface area contributed by atoms with Crippen LogP contribution in [-0.2, 0) is 9.53 Å². The van der Waals surface area contributed by atoms with E-state index in [1.807, 2.05) is 0 Å². The third-order valence-electron chi connectivity index (χ3n) is 1.94. The van der Waals surface area contributed by atoms with Gasteiger partial charge in [-0.3, -0.25) is 4.79 Å². The summed E-state index contributed by atoms with van der Waals surface area (Å²) in [6, 6.07) is 0. The fourth-order valence-electron chi connectivity index (χ4n) is 1.32. The van der Waals surface area contributed by atoms with Crippen LogP contribution in [0.3, 0.4) is 0 Å². The van der Waals surface area contributed by atoms with Crippen LogP contribution in [0, 0.1) is 5.92 Å². The molecule has 3 atom stereocenters. The van der Waals surface area contributed by atoms with Crippen molar-refractivity contribution in [2.45, 2.75) is 25.7 Å². The molecule has 1 rings (SSSR count). The van der Waals surface area contributed by atoms with Crippen molar-refractivity contribution < 1.29 is 19.7 Å². The van der Waals surface area contributed by atoms with E-state index in [0.717, 1.165) is 0 Å². The second-order valence-electron chi connectivity index (χ2n) is 2.76. The van der Waals surface area contributed by atoms with E-state index in [2.05, 4.69) is 0 Å². The van der Waals surface area contributed by atoms with Crippen LogP contribution < -0.4 is 0 Å². The Bertz CT molecular complexity index is 157. The van der Waals surface area contributed by atoms with E-state index >= 15 is 0 Å². The van der Waals surface area contributed by atoms with Crippen molar-refractivity contribution in [1.82, 2.24) is 0 Å². The van der Waals surface area contributed by atoms with Gasteiger partial charge in [-0.2, -0.15) is 0 Å². The Morgan fingerprint density at radius 1 is 1.73 bits per heavy atom. The molecular weight excluding hydrogens is 148 g/mol. The molecule has 2 N–H and O–H groups in total. The standard InChI is InChI=1S/C7H12O4/c1-4(9)5-2-7(10)11-6(5)3-8/h5-8,10H,2-3H2,1H3. The molecule has 1 aliphatic rings. The topological polar surface area (TPSA) is 66.8 Å². The fourth-order valence-corrected chi connectivity index (χ4v) is 1.32. The molecule has 0 spiro atoms. The normalized spacial score (nSPS) is 37.5. The molecule has 0 amide bonds. The van der Waals surface area contributed by atoms with E-state index < -0.39 is 12.4 Å². The van der Waals surface area contributed by atoms with E-state index in [-0.39, 0.29) is 18.3 Å². The molecule has 11 heavy (non-hydrogen) atoms. The summed E-state index contributed by atoms with van der Waals surface area (Å²) in [4.78, 5) is 10.9. The number of rotatable bonds is 2. The molecule has 4 nitrogen and oxygen atoms in total. The molecule has 0 aromatic carbocycles. The first-order valence-electron chi connectivity index (χ1n) is 3.60. The summed E-state index contributed by atoms with van der Waals surface area (Å²) in [5, 5.41) is 17.7. The Morgan fingerprint density at radius 3 is 2.73 bits per heavy atom. The van der Waals surface area contributed by atoms with E-state index in [0.29, 0.717) is 6.42 Å². The zero-order valence-corrected chi connectivity index (χ0v) is 6.36. The number of aliphatic hydroxyl groups is 2. The van der Waals surface area contributed by atoms with Crippen molar-refractivity contribution >= 4 is 5.78 Å². The van der Waals surface area contributed by atoms with Crippen LogP contribution in [0.1, 0.15) is 13.3 Å². The number of ketones is 1. The number of hydrogen-bond donors (Lipinski definition) is 2. The summed E-state index contributed by atoms with van der Waals surface area (Å²) in [7, 11) is 0. The van der Waals surface area contributed by atoms with Crippen molar-refractivity contribution in [1.29, 1.82) is 0 Å². The summed E-state index contributed by atoms with van der Waals surface area (Å²) in [5.74, 6) is -0.379. The molecule has 1 fully saturated rings. The molecule has 1 aliphatic heterocycles. The quantitative estimate of drug-likeness (QED) is 0.560. The molecule has 0 bridgehead atoms. The van der Waals surface area contributed by atoms with Crippen molar-refractivity contribution in [3.63, 3.8) is 0 Å². The molecule has 1 saturated heterocycles. The van der Waals surface area contributed by atoms with Gasteiger partial charge in [-0.25, -0.2) is 0 Å². The highest BCUT2D eigenvalue weighted by molar-refractivity contribution is 5.79. The third kappa shape index (κ3) is 1.77. The van der Waals surface area contributed by atoms with Crippen LogP contribution in [0.25, 0.3) is 0 Å². The first-order valence-corrected chi connectivity index (χ1v) is 3.60. The number of ether oxygens (including phenoxy) is 1. The van der Waals surface area contributed by atoms with Crippen LogP contribution in [0.2, 0.25) is 0 Å². The highest BCUT2D eigenvalue weighted by Gasteiger charge is 2.36. The SMILES string of the molecule is CC(=O)C1CC(O)OC1CO. The van der Waals surface area contributed by atoms with Gasteiger partial charge in [-0.15, -0.1) is 0 Å². The molecular formula is C7H12O4. The molecule has 0 aromatic heterocycles. The molecule has 4 heteroatoms. The number of hydrogen-bond acceptors (Lipinski definition) is 4. The fraction of sp³-hybridized carbons (Fsp3) is 0.857. The summed E-state index contributed by atoms with van der Waals surface area (Å²) in [6.07, 6.45) is -1.09. The van der Waals surface area contributed by atoms with Gasteiger partial charge in [-0.05, 0) is 6.92 Å². The van der Waals surface area contributed by atoms with E-state index in [1.165, 1.54) is 6.92 Å². The van der Waals surface area contributed by atoms with Gasteiger partial charge in [0.25, 0.3) is 0 Å². The first kappa shape index (κ1) is 8.64. The summed E-state index contributed by atoms with van der Waals surface area (Å²) in [5.41, 5.74) is 0. The van der Waals surface area contributed by atoms with E-state index in [1.54, 1.807) is 0 Å². The molecule has 64 valence electrons. The molecule has 0 radical (unpaired) electrons. The lowest BCUT2D eigenvalue weighted by Gasteiger charge is -2.11. The van der Waals surface area contributed by atoms with Gasteiger partial charge in [0.2, 0.25) is 0 Å². The maximum Gasteiger partial charge on any atom is 0.155 e. The molecule has 0 aromatic rings. The maximum atomic E-state index is 10.9. The number of Topliss-reactive ketones (excluding diaryl/α,β-unsaturated/α-hetero) is 1. The first-order chi connectivity index (χ1) is 5.15. The Labute approximate surface area is 64.8 Å². The molecule has 3 unspecified atom stereocenters. The minimum absolute atomic E-state index is 0.0411. The van der Waals surface area contributed by atoms with Crippen molar-refractivity contribution in [3.8, 4) is 0 Å². The highest BCUT2D eigenvalue weighted by atomic mass is 16.6. The van der Waals surface area contributed by atoms with Gasteiger partial charge in [0.1, 0.15) is 5.78 Å². The van der Waals surface area contributed by atoms with Crippen molar-refractivity contribution in [2.75, 3.05) is 6.61 Å². The van der Waals surface area contributed by atoms with Crippen LogP contribution in [-0.4, -0.2) is 35.0 Å². The Hall–Kier alpha value is -0.450. The molecule has 1 heterocycles. The monoisotopic (exact) mass is 160 g/mol. The van der Waals surface area contributed by atoms with Crippen LogP contribution in [0.4, 0.5) is 0 Å². The lowest BCUT2D eigenvalue weighted by molar-refractivity contribution is -0.125. The molecule has 0 aliphatic carbocycles. The Morgan fingerprint density at radius 2 is 2.36 bits per heavy atom. The minimum atomic E-state index is -0.888. The predicted octanol–water partition coefficient (Wildman–Crippen LogP) is -0.709. The van der Waals surface area contributed by atoms with Gasteiger partial charge >= 0.3 is 0 Å². The van der Waals surface area contributed by atoms with Crippen molar-refractivity contribution in [2.24, 2.45) is 5.92 Å². The Balaban J connectivity index is 2.57. The van der Waals surface area contributed by atoms with Crippen LogP contribution >= 0.6 is 0 Å². The average Bonchev–Trinajstić information content (AvgIpc) is 2.30. The smallest absolute Gasteiger partial charge is 0.155 e. The number of carbonyl (C=O) groups is 1. The van der Waals surface area contributed by atoms with Gasteiger partial charge in [0.15, 0.2) is 6.29 Å². The van der Waals surface area contributed by atoms with Gasteiger partial charge < -0.3 is 14.9 Å². The summed E-state index contributed by atoms with van der Waals surface area (Å²) >= 11 is 0.